The number of rotatable bonds is 9. The highest BCUT2D eigenvalue weighted by Gasteiger charge is 2.22. The third-order valence-electron chi connectivity index (χ3n) is 5.53. The summed E-state index contributed by atoms with van der Waals surface area (Å²) < 4.78 is 17.7. The maximum atomic E-state index is 9.44. The minimum Gasteiger partial charge on any atom is -0.491 e. The molecular formula is C25H34N4O4. The minimum atomic E-state index is -0.169. The van der Waals surface area contributed by atoms with Crippen LogP contribution in [0.1, 0.15) is 51.8 Å². The first-order chi connectivity index (χ1) is 15.9. The zero-order valence-electron chi connectivity index (χ0n) is 19.9. The first-order valence-corrected chi connectivity index (χ1v) is 11.7. The molecule has 0 aliphatic carbocycles. The predicted molar refractivity (Wildman–Crippen MR) is 128 cm³/mol. The molecular weight excluding hydrogens is 420 g/mol. The Morgan fingerprint density at radius 3 is 2.36 bits per heavy atom. The van der Waals surface area contributed by atoms with Crippen LogP contribution in [0, 0.1) is 0 Å². The number of nitrogens with zero attached hydrogens (tertiary/aromatic N) is 3. The van der Waals surface area contributed by atoms with E-state index in [0.29, 0.717) is 22.8 Å². The lowest BCUT2D eigenvalue weighted by molar-refractivity contribution is 0.206. The van der Waals surface area contributed by atoms with Crippen LogP contribution in [0.15, 0.2) is 34.9 Å². The highest BCUT2D eigenvalue weighted by atomic mass is 16.5. The number of hydrogen-bond acceptors (Lipinski definition) is 8. The monoisotopic (exact) mass is 454 g/mol. The van der Waals surface area contributed by atoms with E-state index in [2.05, 4.69) is 32.3 Å². The van der Waals surface area contributed by atoms with Crippen LogP contribution in [0.25, 0.3) is 11.1 Å². The first kappa shape index (κ1) is 23.3. The Kier molecular flexibility index (Phi) is 7.35. The van der Waals surface area contributed by atoms with Crippen LogP contribution < -0.4 is 14.8 Å². The van der Waals surface area contributed by atoms with E-state index in [-0.39, 0.29) is 24.9 Å². The van der Waals surface area contributed by atoms with Crippen molar-refractivity contribution in [3.05, 3.63) is 41.7 Å². The van der Waals surface area contributed by atoms with Gasteiger partial charge in [-0.1, -0.05) is 0 Å². The van der Waals surface area contributed by atoms with Crippen LogP contribution in [-0.4, -0.2) is 51.3 Å². The topological polar surface area (TPSA) is 92.9 Å². The van der Waals surface area contributed by atoms with Crippen molar-refractivity contribution in [2.24, 2.45) is 0 Å². The van der Waals surface area contributed by atoms with E-state index in [1.807, 2.05) is 33.8 Å². The Morgan fingerprint density at radius 2 is 1.76 bits per heavy atom. The Morgan fingerprint density at radius 1 is 1.09 bits per heavy atom. The summed E-state index contributed by atoms with van der Waals surface area (Å²) in [5.41, 5.74) is 2.95. The highest BCUT2D eigenvalue weighted by Crippen LogP contribution is 2.27. The number of fused-ring (bicyclic) bond motifs is 1. The molecule has 0 atom stereocenters. The highest BCUT2D eigenvalue weighted by molar-refractivity contribution is 5.76. The number of hydrogen-bond donors (Lipinski definition) is 2. The number of aromatic nitrogens is 2. The molecule has 2 N–H and O–H groups in total. The number of ether oxygens (including phenoxy) is 2. The lowest BCUT2D eigenvalue weighted by Gasteiger charge is -2.32. The summed E-state index contributed by atoms with van der Waals surface area (Å²) in [7, 11) is 0. The fraction of sp³-hybridized carbons (Fsp3) is 0.520. The number of likely N-dealkylation sites (tertiary alicyclic amines) is 1. The van der Waals surface area contributed by atoms with Gasteiger partial charge in [0.15, 0.2) is 5.58 Å². The van der Waals surface area contributed by atoms with E-state index in [1.165, 1.54) is 5.56 Å². The molecule has 2 aromatic heterocycles. The molecule has 1 aliphatic rings. The van der Waals surface area contributed by atoms with E-state index in [0.717, 1.165) is 44.0 Å². The second-order valence-electron chi connectivity index (χ2n) is 9.12. The standard InChI is InChI=1S/C25H34N4O4/c1-16(2)31-20-11-18(12-21(13-20)32-17(3)4)14-29-9-6-19(7-10-29)27-25-28-22-5-8-26-23(15-30)24(22)33-25/h5,8,11-13,16-17,19,30H,6-7,9-10,14-15H2,1-4H3,(H,27,28). The van der Waals surface area contributed by atoms with Crippen molar-refractivity contribution in [3.8, 4) is 11.5 Å². The zero-order valence-corrected chi connectivity index (χ0v) is 19.9. The van der Waals surface area contributed by atoms with Crippen LogP contribution in [0.3, 0.4) is 0 Å². The van der Waals surface area contributed by atoms with E-state index < -0.39 is 0 Å². The van der Waals surface area contributed by atoms with Crippen molar-refractivity contribution in [3.63, 3.8) is 0 Å². The molecule has 33 heavy (non-hydrogen) atoms. The van der Waals surface area contributed by atoms with Gasteiger partial charge in [0.05, 0.1) is 18.8 Å². The van der Waals surface area contributed by atoms with Crippen LogP contribution in [0.5, 0.6) is 11.5 Å². The summed E-state index contributed by atoms with van der Waals surface area (Å²) in [6.45, 7) is 10.8. The number of aliphatic hydroxyl groups is 1. The molecule has 0 unspecified atom stereocenters. The molecule has 3 aromatic rings. The molecule has 0 saturated carbocycles. The fourth-order valence-corrected chi connectivity index (χ4v) is 4.15. The van der Waals surface area contributed by atoms with Gasteiger partial charge >= 0.3 is 0 Å². The van der Waals surface area contributed by atoms with Gasteiger partial charge in [0.2, 0.25) is 0 Å². The van der Waals surface area contributed by atoms with Crippen molar-refractivity contribution in [2.75, 3.05) is 18.4 Å². The average Bonchev–Trinajstić information content (AvgIpc) is 3.16. The van der Waals surface area contributed by atoms with Gasteiger partial charge in [-0.2, -0.15) is 4.98 Å². The Balaban J connectivity index is 1.36. The van der Waals surface area contributed by atoms with Crippen molar-refractivity contribution >= 4 is 17.1 Å². The smallest absolute Gasteiger partial charge is 0.295 e. The number of piperidine rings is 1. The molecule has 0 bridgehead atoms. The SMILES string of the molecule is CC(C)Oc1cc(CN2CCC(Nc3nc4ccnc(CO)c4o3)CC2)cc(OC(C)C)c1. The number of oxazole rings is 1. The lowest BCUT2D eigenvalue weighted by Crippen LogP contribution is -2.38. The van der Waals surface area contributed by atoms with Crippen LogP contribution in [0.4, 0.5) is 6.01 Å². The van der Waals surface area contributed by atoms with Gasteiger partial charge in [-0.25, -0.2) is 0 Å². The Bertz CT molecular complexity index is 1030. The molecule has 8 heteroatoms. The normalized spacial score (nSPS) is 15.5. The van der Waals surface area contributed by atoms with Gasteiger partial charge in [-0.05, 0) is 64.3 Å². The van der Waals surface area contributed by atoms with E-state index >= 15 is 0 Å². The summed E-state index contributed by atoms with van der Waals surface area (Å²) >= 11 is 0. The molecule has 0 spiro atoms. The number of pyridine rings is 1. The zero-order chi connectivity index (χ0) is 23.4. The van der Waals surface area contributed by atoms with Crippen molar-refractivity contribution in [1.29, 1.82) is 0 Å². The third kappa shape index (κ3) is 6.15. The molecule has 1 aliphatic heterocycles. The maximum absolute atomic E-state index is 9.44. The minimum absolute atomic E-state index is 0.116. The number of benzene rings is 1. The number of anilines is 1. The van der Waals surface area contributed by atoms with Gasteiger partial charge in [0.1, 0.15) is 22.7 Å². The summed E-state index contributed by atoms with van der Waals surface area (Å²) in [5.74, 6) is 1.70. The van der Waals surface area contributed by atoms with Gasteiger partial charge in [0.25, 0.3) is 6.01 Å². The van der Waals surface area contributed by atoms with Gasteiger partial charge in [-0.3, -0.25) is 9.88 Å². The first-order valence-electron chi connectivity index (χ1n) is 11.7. The van der Waals surface area contributed by atoms with Crippen LogP contribution >= 0.6 is 0 Å². The van der Waals surface area contributed by atoms with E-state index in [9.17, 15) is 5.11 Å². The van der Waals surface area contributed by atoms with Gasteiger partial charge < -0.3 is 24.3 Å². The molecule has 0 radical (unpaired) electrons. The summed E-state index contributed by atoms with van der Waals surface area (Å²) in [4.78, 5) is 11.1. The average molecular weight is 455 g/mol. The van der Waals surface area contributed by atoms with Crippen molar-refractivity contribution in [2.45, 2.75) is 71.9 Å². The molecule has 4 rings (SSSR count). The molecule has 1 fully saturated rings. The second kappa shape index (κ2) is 10.4. The van der Waals surface area contributed by atoms with E-state index in [4.69, 9.17) is 13.9 Å². The Labute approximate surface area is 194 Å². The number of nitrogens with one attached hydrogen (secondary N) is 1. The predicted octanol–water partition coefficient (Wildman–Crippen LogP) is 4.37. The van der Waals surface area contributed by atoms with Gasteiger partial charge in [0, 0.05) is 37.9 Å². The fourth-order valence-electron chi connectivity index (χ4n) is 4.15. The molecule has 0 amide bonds. The van der Waals surface area contributed by atoms with Crippen LogP contribution in [0.2, 0.25) is 0 Å². The molecule has 1 aromatic carbocycles. The third-order valence-corrected chi connectivity index (χ3v) is 5.53. The van der Waals surface area contributed by atoms with Gasteiger partial charge in [-0.15, -0.1) is 0 Å². The molecule has 1 saturated heterocycles. The summed E-state index contributed by atoms with van der Waals surface area (Å²) in [5, 5.41) is 12.9. The summed E-state index contributed by atoms with van der Waals surface area (Å²) in [6.07, 6.45) is 3.84. The largest absolute Gasteiger partial charge is 0.491 e. The molecule has 3 heterocycles. The summed E-state index contributed by atoms with van der Waals surface area (Å²) in [6, 6.07) is 8.76. The Hall–Kier alpha value is -2.84. The van der Waals surface area contributed by atoms with Crippen molar-refractivity contribution in [1.82, 2.24) is 14.9 Å². The van der Waals surface area contributed by atoms with Crippen molar-refractivity contribution < 1.29 is 19.0 Å². The van der Waals surface area contributed by atoms with E-state index in [1.54, 1.807) is 12.3 Å². The second-order valence-corrected chi connectivity index (χ2v) is 9.12. The molecule has 178 valence electrons. The quantitative estimate of drug-likeness (QED) is 0.493. The molecule has 8 nitrogen and oxygen atoms in total. The number of aliphatic hydroxyl groups excluding tert-OH is 1. The maximum Gasteiger partial charge on any atom is 0.295 e. The van der Waals surface area contributed by atoms with Crippen LogP contribution in [-0.2, 0) is 13.2 Å². The lowest BCUT2D eigenvalue weighted by atomic mass is 10.0.